The van der Waals surface area contributed by atoms with Gasteiger partial charge in [0.25, 0.3) is 0 Å². The summed E-state index contributed by atoms with van der Waals surface area (Å²) in [4.78, 5) is 0.222. The summed E-state index contributed by atoms with van der Waals surface area (Å²) < 4.78 is 36.0. The highest BCUT2D eigenvalue weighted by Gasteiger charge is 2.28. The first kappa shape index (κ1) is 19.1. The zero-order valence-corrected chi connectivity index (χ0v) is 16.6. The number of benzene rings is 2. The zero-order chi connectivity index (χ0) is 19.6. The number of aromatic nitrogens is 2. The first-order valence-electron chi connectivity index (χ1n) is 8.55. The van der Waals surface area contributed by atoms with Crippen molar-refractivity contribution < 1.29 is 13.2 Å². The predicted molar refractivity (Wildman–Crippen MR) is 104 cm³/mol. The number of methoxy groups -OCH3 is 1. The lowest BCUT2D eigenvalue weighted by atomic mass is 10.00. The van der Waals surface area contributed by atoms with Crippen LogP contribution in [0.1, 0.15) is 28.6 Å². The van der Waals surface area contributed by atoms with E-state index in [9.17, 15) is 8.42 Å². The van der Waals surface area contributed by atoms with Crippen molar-refractivity contribution in [3.8, 4) is 5.75 Å². The van der Waals surface area contributed by atoms with Gasteiger partial charge in [0.05, 0.1) is 24.5 Å². The predicted octanol–water partition coefficient (Wildman–Crippen LogP) is 3.11. The third-order valence-corrected chi connectivity index (χ3v) is 6.24. The molecule has 6 nitrogen and oxygen atoms in total. The molecular formula is C20H23N3O3S. The molecule has 1 N–H and O–H groups in total. The number of sulfonamides is 1. The van der Waals surface area contributed by atoms with Crippen molar-refractivity contribution >= 4 is 10.0 Å². The van der Waals surface area contributed by atoms with E-state index in [2.05, 4.69) is 9.82 Å². The molecule has 3 aromatic rings. The molecule has 0 radical (unpaired) electrons. The molecule has 0 unspecified atom stereocenters. The Morgan fingerprint density at radius 3 is 2.11 bits per heavy atom. The fraction of sp³-hybridized carbons (Fsp3) is 0.250. The summed E-state index contributed by atoms with van der Waals surface area (Å²) in [6, 6.07) is 16.3. The molecule has 0 saturated carbocycles. The van der Waals surface area contributed by atoms with Crippen LogP contribution in [0.25, 0.3) is 0 Å². The summed E-state index contributed by atoms with van der Waals surface area (Å²) in [6.07, 6.45) is 0. The van der Waals surface area contributed by atoms with Crippen LogP contribution in [0, 0.1) is 13.8 Å². The highest BCUT2D eigenvalue weighted by molar-refractivity contribution is 7.89. The first-order valence-corrected chi connectivity index (χ1v) is 10.0. The lowest BCUT2D eigenvalue weighted by Gasteiger charge is -2.20. The van der Waals surface area contributed by atoms with Gasteiger partial charge in [-0.15, -0.1) is 0 Å². The Bertz CT molecular complexity index is 1030. The van der Waals surface area contributed by atoms with E-state index in [-0.39, 0.29) is 4.90 Å². The Labute approximate surface area is 159 Å². The van der Waals surface area contributed by atoms with Gasteiger partial charge in [-0.1, -0.05) is 42.5 Å². The van der Waals surface area contributed by atoms with Gasteiger partial charge in [0.1, 0.15) is 10.6 Å². The standard InChI is InChI=1S/C20H23N3O3S/c1-14-20(15(2)23(3)21-14)27(24,25)22-19(16-8-6-5-7-9-16)17-10-12-18(26-4)13-11-17/h5-13,19,22H,1-4H3/t19-/m1/s1. The van der Waals surface area contributed by atoms with Crippen molar-refractivity contribution in [2.45, 2.75) is 24.8 Å². The second kappa shape index (κ2) is 7.54. The van der Waals surface area contributed by atoms with E-state index in [0.717, 1.165) is 11.1 Å². The van der Waals surface area contributed by atoms with Crippen LogP contribution in [0.15, 0.2) is 59.5 Å². The van der Waals surface area contributed by atoms with Crippen LogP contribution in [-0.4, -0.2) is 25.3 Å². The van der Waals surface area contributed by atoms with Gasteiger partial charge in [-0.2, -0.15) is 9.82 Å². The third-order valence-electron chi connectivity index (χ3n) is 4.57. The summed E-state index contributed by atoms with van der Waals surface area (Å²) >= 11 is 0. The van der Waals surface area contributed by atoms with Crippen molar-refractivity contribution in [3.63, 3.8) is 0 Å². The van der Waals surface area contributed by atoms with Gasteiger partial charge in [0, 0.05) is 7.05 Å². The third kappa shape index (κ3) is 3.89. The average molecular weight is 385 g/mol. The number of nitrogens with one attached hydrogen (secondary N) is 1. The van der Waals surface area contributed by atoms with Crippen LogP contribution in [0.2, 0.25) is 0 Å². The van der Waals surface area contributed by atoms with Crippen LogP contribution in [0.5, 0.6) is 5.75 Å². The average Bonchev–Trinajstić information content (AvgIpc) is 2.93. The van der Waals surface area contributed by atoms with Gasteiger partial charge in [-0.25, -0.2) is 8.42 Å². The SMILES string of the molecule is COc1ccc([C@H](NS(=O)(=O)c2c(C)nn(C)c2C)c2ccccc2)cc1. The second-order valence-corrected chi connectivity index (χ2v) is 8.01. The van der Waals surface area contributed by atoms with E-state index in [0.29, 0.717) is 17.1 Å². The minimum atomic E-state index is -3.78. The maximum atomic E-state index is 13.2. The Morgan fingerprint density at radius 1 is 1.00 bits per heavy atom. The van der Waals surface area contributed by atoms with Crippen molar-refractivity contribution in [2.75, 3.05) is 7.11 Å². The van der Waals surface area contributed by atoms with Crippen molar-refractivity contribution in [1.82, 2.24) is 14.5 Å². The molecule has 0 aliphatic rings. The molecule has 3 rings (SSSR count). The lowest BCUT2D eigenvalue weighted by molar-refractivity contribution is 0.414. The number of hydrogen-bond acceptors (Lipinski definition) is 4. The Kier molecular flexibility index (Phi) is 5.34. The quantitative estimate of drug-likeness (QED) is 0.708. The summed E-state index contributed by atoms with van der Waals surface area (Å²) in [5.74, 6) is 0.715. The van der Waals surface area contributed by atoms with Crippen LogP contribution in [0.3, 0.4) is 0 Å². The van der Waals surface area contributed by atoms with Gasteiger partial charge >= 0.3 is 0 Å². The molecule has 0 fully saturated rings. The minimum absolute atomic E-state index is 0.222. The molecule has 1 heterocycles. The van der Waals surface area contributed by atoms with Gasteiger partial charge in [0.2, 0.25) is 10.0 Å². The smallest absolute Gasteiger partial charge is 0.245 e. The van der Waals surface area contributed by atoms with E-state index in [1.807, 2.05) is 54.6 Å². The van der Waals surface area contributed by atoms with Crippen LogP contribution >= 0.6 is 0 Å². The highest BCUT2D eigenvalue weighted by Crippen LogP contribution is 2.28. The molecule has 2 aromatic carbocycles. The fourth-order valence-electron chi connectivity index (χ4n) is 3.13. The largest absolute Gasteiger partial charge is 0.497 e. The lowest BCUT2D eigenvalue weighted by Crippen LogP contribution is -2.30. The highest BCUT2D eigenvalue weighted by atomic mass is 32.2. The molecular weight excluding hydrogens is 362 g/mol. The number of nitrogens with zero attached hydrogens (tertiary/aromatic N) is 2. The Balaban J connectivity index is 2.05. The monoisotopic (exact) mass is 385 g/mol. The minimum Gasteiger partial charge on any atom is -0.497 e. The molecule has 7 heteroatoms. The zero-order valence-electron chi connectivity index (χ0n) is 15.8. The number of hydrogen-bond donors (Lipinski definition) is 1. The normalized spacial score (nSPS) is 12.7. The van der Waals surface area contributed by atoms with E-state index < -0.39 is 16.1 Å². The van der Waals surface area contributed by atoms with E-state index in [4.69, 9.17) is 4.74 Å². The second-order valence-electron chi connectivity index (χ2n) is 6.36. The van der Waals surface area contributed by atoms with Gasteiger partial charge in [-0.05, 0) is 37.1 Å². The summed E-state index contributed by atoms with van der Waals surface area (Å²) in [5.41, 5.74) is 2.75. The van der Waals surface area contributed by atoms with Gasteiger partial charge < -0.3 is 4.74 Å². The molecule has 1 aromatic heterocycles. The van der Waals surface area contributed by atoms with Crippen molar-refractivity contribution in [3.05, 3.63) is 77.1 Å². The van der Waals surface area contributed by atoms with Crippen LogP contribution in [-0.2, 0) is 17.1 Å². The molecule has 1 atom stereocenters. The summed E-state index contributed by atoms with van der Waals surface area (Å²) in [5, 5.41) is 4.23. The number of rotatable bonds is 6. The van der Waals surface area contributed by atoms with E-state index >= 15 is 0 Å². The maximum Gasteiger partial charge on any atom is 0.245 e. The van der Waals surface area contributed by atoms with Gasteiger partial charge in [-0.3, -0.25) is 4.68 Å². The summed E-state index contributed by atoms with van der Waals surface area (Å²) in [6.45, 7) is 3.45. The molecule has 142 valence electrons. The van der Waals surface area contributed by atoms with Crippen LogP contribution in [0.4, 0.5) is 0 Å². The van der Waals surface area contributed by atoms with Crippen LogP contribution < -0.4 is 9.46 Å². The molecule has 0 spiro atoms. The first-order chi connectivity index (χ1) is 12.8. The molecule has 0 aliphatic carbocycles. The summed E-state index contributed by atoms with van der Waals surface area (Å²) in [7, 11) is -0.443. The number of aryl methyl sites for hydroxylation is 2. The Hall–Kier alpha value is -2.64. The van der Waals surface area contributed by atoms with Crippen molar-refractivity contribution in [1.29, 1.82) is 0 Å². The van der Waals surface area contributed by atoms with Gasteiger partial charge in [0.15, 0.2) is 0 Å². The molecule has 27 heavy (non-hydrogen) atoms. The number of ether oxygens (including phenoxy) is 1. The topological polar surface area (TPSA) is 73.2 Å². The molecule has 0 saturated heterocycles. The molecule has 0 amide bonds. The fourth-order valence-corrected chi connectivity index (χ4v) is 4.78. The van der Waals surface area contributed by atoms with E-state index in [1.54, 1.807) is 32.7 Å². The van der Waals surface area contributed by atoms with E-state index in [1.165, 1.54) is 0 Å². The maximum absolute atomic E-state index is 13.2. The molecule has 0 aliphatic heterocycles. The molecule has 0 bridgehead atoms. The Morgan fingerprint density at radius 2 is 1.59 bits per heavy atom. The van der Waals surface area contributed by atoms with Crippen molar-refractivity contribution in [2.24, 2.45) is 7.05 Å².